The molecule has 0 aliphatic carbocycles. The average molecular weight is 254 g/mol. The van der Waals surface area contributed by atoms with E-state index in [4.69, 9.17) is 10.5 Å². The molecule has 1 heterocycles. The number of hydrogen-bond donors (Lipinski definition) is 0. The van der Waals surface area contributed by atoms with Gasteiger partial charge in [-0.15, -0.1) is 0 Å². The Balaban J connectivity index is 2.28. The third-order valence-electron chi connectivity index (χ3n) is 3.33. The lowest BCUT2D eigenvalue weighted by atomic mass is 10.1. The van der Waals surface area contributed by atoms with Gasteiger partial charge in [-0.2, -0.15) is 10.5 Å². The van der Waals surface area contributed by atoms with Crippen LogP contribution in [0.4, 0.5) is 5.69 Å². The Morgan fingerprint density at radius 2 is 2.16 bits per heavy atom. The van der Waals surface area contributed by atoms with Crippen LogP contribution in [0.25, 0.3) is 0 Å². The minimum absolute atomic E-state index is 0.0783. The van der Waals surface area contributed by atoms with E-state index in [-0.39, 0.29) is 12.3 Å². The van der Waals surface area contributed by atoms with Gasteiger partial charge in [-0.05, 0) is 25.2 Å². The maximum absolute atomic E-state index is 12.4. The molecule has 5 heteroatoms. The number of likely N-dealkylation sites (N-methyl/N-ethyl adjacent to an activating group) is 1. The minimum Gasteiger partial charge on any atom is -0.310 e. The molecule has 0 saturated carbocycles. The minimum atomic E-state index is -0.399. The van der Waals surface area contributed by atoms with Gasteiger partial charge in [0, 0.05) is 18.8 Å². The van der Waals surface area contributed by atoms with Gasteiger partial charge in [0.1, 0.15) is 6.04 Å². The Bertz CT molecular complexity index is 570. The molecule has 1 aromatic rings. The summed E-state index contributed by atoms with van der Waals surface area (Å²) in [5.41, 5.74) is 1.25. The normalized spacial score (nSPS) is 19.8. The van der Waals surface area contributed by atoms with E-state index in [1.165, 1.54) is 0 Å². The number of nitrogens with zero attached hydrogens (tertiary/aromatic N) is 4. The van der Waals surface area contributed by atoms with E-state index < -0.39 is 6.04 Å². The molecule has 1 aliphatic rings. The van der Waals surface area contributed by atoms with Crippen LogP contribution in [0.1, 0.15) is 12.0 Å². The SMILES string of the molecule is CN1CCN(c2cccc(C#N)c2)C(=O)C1CC#N. The van der Waals surface area contributed by atoms with Gasteiger partial charge >= 0.3 is 0 Å². The molecule has 0 radical (unpaired) electrons. The lowest BCUT2D eigenvalue weighted by molar-refractivity contribution is -0.125. The number of hydrogen-bond acceptors (Lipinski definition) is 4. The fourth-order valence-corrected chi connectivity index (χ4v) is 2.22. The van der Waals surface area contributed by atoms with Crippen molar-refractivity contribution < 1.29 is 4.79 Å². The topological polar surface area (TPSA) is 71.1 Å². The van der Waals surface area contributed by atoms with E-state index in [9.17, 15) is 4.79 Å². The predicted octanol–water partition coefficient (Wildman–Crippen LogP) is 1.12. The molecule has 1 saturated heterocycles. The van der Waals surface area contributed by atoms with Gasteiger partial charge in [-0.25, -0.2) is 0 Å². The van der Waals surface area contributed by atoms with Crippen molar-refractivity contribution >= 4 is 11.6 Å². The van der Waals surface area contributed by atoms with Crippen LogP contribution in [-0.2, 0) is 4.79 Å². The van der Waals surface area contributed by atoms with Gasteiger partial charge in [0.15, 0.2) is 0 Å². The summed E-state index contributed by atoms with van der Waals surface area (Å²) >= 11 is 0. The lowest BCUT2D eigenvalue weighted by Gasteiger charge is -2.37. The molecule has 0 N–H and O–H groups in total. The Hall–Kier alpha value is -2.37. The van der Waals surface area contributed by atoms with Crippen LogP contribution in [0.5, 0.6) is 0 Å². The van der Waals surface area contributed by atoms with Gasteiger partial charge < -0.3 is 4.90 Å². The molecule has 1 fully saturated rings. The van der Waals surface area contributed by atoms with Crippen molar-refractivity contribution in [3.8, 4) is 12.1 Å². The number of benzene rings is 1. The van der Waals surface area contributed by atoms with Crippen molar-refractivity contribution in [2.45, 2.75) is 12.5 Å². The van der Waals surface area contributed by atoms with Crippen LogP contribution in [0, 0.1) is 22.7 Å². The summed E-state index contributed by atoms with van der Waals surface area (Å²) in [4.78, 5) is 15.9. The summed E-state index contributed by atoms with van der Waals surface area (Å²) < 4.78 is 0. The van der Waals surface area contributed by atoms with Crippen molar-refractivity contribution in [2.75, 3.05) is 25.0 Å². The van der Waals surface area contributed by atoms with Crippen molar-refractivity contribution in [1.82, 2.24) is 4.90 Å². The van der Waals surface area contributed by atoms with Crippen LogP contribution < -0.4 is 4.90 Å². The smallest absolute Gasteiger partial charge is 0.245 e. The summed E-state index contributed by atoms with van der Waals surface area (Å²) in [5.74, 6) is -0.0783. The van der Waals surface area contributed by atoms with E-state index in [0.717, 1.165) is 12.2 Å². The number of rotatable bonds is 2. The van der Waals surface area contributed by atoms with E-state index in [2.05, 4.69) is 12.1 Å². The number of carbonyl (C=O) groups is 1. The quantitative estimate of drug-likeness (QED) is 0.792. The second-order valence-corrected chi connectivity index (χ2v) is 4.51. The highest BCUT2D eigenvalue weighted by Gasteiger charge is 2.33. The molecular weight excluding hydrogens is 240 g/mol. The lowest BCUT2D eigenvalue weighted by Crippen LogP contribution is -2.55. The van der Waals surface area contributed by atoms with E-state index in [1.54, 1.807) is 23.1 Å². The second-order valence-electron chi connectivity index (χ2n) is 4.51. The summed E-state index contributed by atoms with van der Waals surface area (Å²) in [5, 5.41) is 17.7. The van der Waals surface area contributed by atoms with Crippen molar-refractivity contribution in [1.29, 1.82) is 10.5 Å². The maximum atomic E-state index is 12.4. The number of nitriles is 2. The largest absolute Gasteiger partial charge is 0.310 e. The fourth-order valence-electron chi connectivity index (χ4n) is 2.22. The standard InChI is InChI=1S/C14H14N4O/c1-17-7-8-18(14(19)13(17)5-6-15)12-4-2-3-11(9-12)10-16/h2-4,9,13H,5,7-8H2,1H3. The second kappa shape index (κ2) is 5.51. The molecule has 1 aliphatic heterocycles. The van der Waals surface area contributed by atoms with Crippen LogP contribution in [-0.4, -0.2) is 37.0 Å². The molecule has 96 valence electrons. The molecule has 0 spiro atoms. The molecule has 1 aromatic carbocycles. The van der Waals surface area contributed by atoms with E-state index >= 15 is 0 Å². The first-order chi connectivity index (χ1) is 9.17. The first-order valence-electron chi connectivity index (χ1n) is 6.06. The zero-order chi connectivity index (χ0) is 13.8. The molecule has 1 amide bonds. The molecule has 1 unspecified atom stereocenters. The van der Waals surface area contributed by atoms with Crippen LogP contribution in [0.15, 0.2) is 24.3 Å². The molecule has 2 rings (SSSR count). The first kappa shape index (κ1) is 13.1. The molecule has 19 heavy (non-hydrogen) atoms. The first-order valence-corrected chi connectivity index (χ1v) is 6.06. The van der Waals surface area contributed by atoms with Crippen molar-refractivity contribution in [3.05, 3.63) is 29.8 Å². The Morgan fingerprint density at radius 3 is 2.84 bits per heavy atom. The van der Waals surface area contributed by atoms with Gasteiger partial charge in [0.25, 0.3) is 0 Å². The van der Waals surface area contributed by atoms with E-state index in [0.29, 0.717) is 12.1 Å². The Morgan fingerprint density at radius 1 is 1.37 bits per heavy atom. The molecular formula is C14H14N4O. The van der Waals surface area contributed by atoms with Crippen LogP contribution in [0.2, 0.25) is 0 Å². The molecule has 0 bridgehead atoms. The summed E-state index contributed by atoms with van der Waals surface area (Å²) in [6, 6.07) is 10.7. The van der Waals surface area contributed by atoms with Gasteiger partial charge in [-0.3, -0.25) is 9.69 Å². The maximum Gasteiger partial charge on any atom is 0.245 e. The number of amides is 1. The summed E-state index contributed by atoms with van der Waals surface area (Å²) in [7, 11) is 1.85. The third-order valence-corrected chi connectivity index (χ3v) is 3.33. The monoisotopic (exact) mass is 254 g/mol. The van der Waals surface area contributed by atoms with Crippen molar-refractivity contribution in [3.63, 3.8) is 0 Å². The predicted molar refractivity (Wildman–Crippen MR) is 70.2 cm³/mol. The van der Waals surface area contributed by atoms with Gasteiger partial charge in [0.2, 0.25) is 5.91 Å². The average Bonchev–Trinajstić information content (AvgIpc) is 2.43. The fraction of sp³-hybridized carbons (Fsp3) is 0.357. The Kier molecular flexibility index (Phi) is 3.79. The highest BCUT2D eigenvalue weighted by Crippen LogP contribution is 2.21. The van der Waals surface area contributed by atoms with E-state index in [1.807, 2.05) is 18.0 Å². The zero-order valence-corrected chi connectivity index (χ0v) is 10.7. The van der Waals surface area contributed by atoms with Crippen LogP contribution in [0.3, 0.4) is 0 Å². The zero-order valence-electron chi connectivity index (χ0n) is 10.7. The number of anilines is 1. The third kappa shape index (κ3) is 2.57. The number of carbonyl (C=O) groups excluding carboxylic acids is 1. The highest BCUT2D eigenvalue weighted by atomic mass is 16.2. The summed E-state index contributed by atoms with van der Waals surface area (Å²) in [6.07, 6.45) is 0.184. The van der Waals surface area contributed by atoms with Crippen LogP contribution >= 0.6 is 0 Å². The molecule has 0 aromatic heterocycles. The molecule has 1 atom stereocenters. The van der Waals surface area contributed by atoms with Crippen molar-refractivity contribution in [2.24, 2.45) is 0 Å². The molecule has 5 nitrogen and oxygen atoms in total. The highest BCUT2D eigenvalue weighted by molar-refractivity contribution is 5.98. The van der Waals surface area contributed by atoms with Gasteiger partial charge in [-0.1, -0.05) is 6.07 Å². The number of piperazine rings is 1. The summed E-state index contributed by atoms with van der Waals surface area (Å²) in [6.45, 7) is 1.29. The Labute approximate surface area is 112 Å². The van der Waals surface area contributed by atoms with Gasteiger partial charge in [0.05, 0.1) is 24.1 Å².